The molecule has 0 saturated heterocycles. The van der Waals surface area contributed by atoms with Crippen LogP contribution in [0.3, 0.4) is 0 Å². The maximum atomic E-state index is 12.5. The van der Waals surface area contributed by atoms with Gasteiger partial charge in [0.15, 0.2) is 19.0 Å². The highest BCUT2D eigenvalue weighted by Gasteiger charge is 2.31. The van der Waals surface area contributed by atoms with E-state index in [0.29, 0.717) is 17.3 Å². The molecule has 0 spiro atoms. The van der Waals surface area contributed by atoms with Crippen molar-refractivity contribution in [2.45, 2.75) is 6.18 Å². The van der Waals surface area contributed by atoms with Gasteiger partial charge >= 0.3 is 12.1 Å². The maximum Gasteiger partial charge on any atom is 0.417 e. The summed E-state index contributed by atoms with van der Waals surface area (Å²) in [5.74, 6) is -1.72. The van der Waals surface area contributed by atoms with Gasteiger partial charge in [0, 0.05) is 6.20 Å². The molecule has 0 aliphatic rings. The number of amides is 1. The molecule has 0 aliphatic carbocycles. The molecule has 0 saturated carbocycles. The predicted molar refractivity (Wildman–Crippen MR) is 90.8 cm³/mol. The largest absolute Gasteiger partial charge is 0.480 e. The van der Waals surface area contributed by atoms with Crippen LogP contribution in [0.25, 0.3) is 0 Å². The molecule has 0 fully saturated rings. The van der Waals surface area contributed by atoms with Crippen LogP contribution in [0.15, 0.2) is 36.5 Å². The van der Waals surface area contributed by atoms with Gasteiger partial charge in [0.1, 0.15) is 5.75 Å². The third-order valence-corrected chi connectivity index (χ3v) is 3.57. The van der Waals surface area contributed by atoms with Crippen LogP contribution < -0.4 is 10.1 Å². The zero-order valence-corrected chi connectivity index (χ0v) is 14.9. The summed E-state index contributed by atoms with van der Waals surface area (Å²) in [4.78, 5) is 26.7. The molecule has 0 unspecified atom stereocenters. The van der Waals surface area contributed by atoms with Gasteiger partial charge in [0.05, 0.1) is 15.6 Å². The third-order valence-electron chi connectivity index (χ3n) is 2.97. The van der Waals surface area contributed by atoms with Crippen molar-refractivity contribution in [1.82, 2.24) is 4.98 Å². The predicted octanol–water partition coefficient (Wildman–Crippen LogP) is 3.97. The van der Waals surface area contributed by atoms with Gasteiger partial charge in [-0.2, -0.15) is 13.2 Å². The fourth-order valence-corrected chi connectivity index (χ4v) is 2.14. The fraction of sp³-hybridized carbons (Fsp3) is 0.188. The quantitative estimate of drug-likeness (QED) is 0.712. The lowest BCUT2D eigenvalue weighted by molar-refractivity contribution is -0.149. The molecule has 1 aromatic carbocycles. The molecule has 0 aliphatic heterocycles. The van der Waals surface area contributed by atoms with Gasteiger partial charge in [-0.1, -0.05) is 35.3 Å². The SMILES string of the molecule is O=C(COC(=O)COc1ccccc1Cl)Nc1ncc(C(F)(F)F)cc1Cl. The fourth-order valence-electron chi connectivity index (χ4n) is 1.74. The van der Waals surface area contributed by atoms with Gasteiger partial charge in [-0.15, -0.1) is 0 Å². The second-order valence-corrected chi connectivity index (χ2v) is 5.79. The van der Waals surface area contributed by atoms with E-state index in [0.717, 1.165) is 0 Å². The Labute approximate surface area is 161 Å². The van der Waals surface area contributed by atoms with Crippen molar-refractivity contribution < 1.29 is 32.2 Å². The molecule has 11 heteroatoms. The number of nitrogens with zero attached hydrogens (tertiary/aromatic N) is 1. The van der Waals surface area contributed by atoms with Crippen LogP contribution in [0.4, 0.5) is 19.0 Å². The maximum absolute atomic E-state index is 12.5. The number of carbonyl (C=O) groups is 2. The van der Waals surface area contributed by atoms with Crippen LogP contribution in [0.2, 0.25) is 10.0 Å². The van der Waals surface area contributed by atoms with Crippen molar-refractivity contribution in [3.63, 3.8) is 0 Å². The van der Waals surface area contributed by atoms with Gasteiger partial charge in [-0.3, -0.25) is 4.79 Å². The number of carbonyl (C=O) groups excluding carboxylic acids is 2. The van der Waals surface area contributed by atoms with Gasteiger partial charge < -0.3 is 14.8 Å². The van der Waals surface area contributed by atoms with Crippen molar-refractivity contribution in [2.24, 2.45) is 0 Å². The normalized spacial score (nSPS) is 11.0. The van der Waals surface area contributed by atoms with E-state index in [9.17, 15) is 22.8 Å². The zero-order chi connectivity index (χ0) is 20.0. The first kappa shape index (κ1) is 20.8. The van der Waals surface area contributed by atoms with Gasteiger partial charge in [-0.05, 0) is 18.2 Å². The standard InChI is InChI=1S/C16H11Cl2F3N2O4/c17-10-3-1-2-4-12(10)26-8-14(25)27-7-13(24)23-15-11(18)5-9(6-22-15)16(19,20)21/h1-6H,7-8H2,(H,22,23,24). The lowest BCUT2D eigenvalue weighted by Gasteiger charge is -2.10. The molecule has 6 nitrogen and oxygen atoms in total. The first-order chi connectivity index (χ1) is 12.7. The van der Waals surface area contributed by atoms with Crippen molar-refractivity contribution in [3.8, 4) is 5.75 Å². The Morgan fingerprint density at radius 1 is 1.11 bits per heavy atom. The Kier molecular flexibility index (Phi) is 6.86. The Hall–Kier alpha value is -2.52. The highest BCUT2D eigenvalue weighted by atomic mass is 35.5. The number of halogens is 5. The summed E-state index contributed by atoms with van der Waals surface area (Å²) in [6, 6.07) is 7.06. The highest BCUT2D eigenvalue weighted by Crippen LogP contribution is 2.32. The summed E-state index contributed by atoms with van der Waals surface area (Å²) in [6.45, 7) is -1.19. The number of alkyl halides is 3. The van der Waals surface area contributed by atoms with E-state index in [-0.39, 0.29) is 11.6 Å². The van der Waals surface area contributed by atoms with Crippen LogP contribution in [0.1, 0.15) is 5.56 Å². The molecule has 0 radical (unpaired) electrons. The number of nitrogens with one attached hydrogen (secondary N) is 1. The minimum Gasteiger partial charge on any atom is -0.480 e. The number of aromatic nitrogens is 1. The van der Waals surface area contributed by atoms with Crippen molar-refractivity contribution in [2.75, 3.05) is 18.5 Å². The molecule has 0 bridgehead atoms. The van der Waals surface area contributed by atoms with Crippen LogP contribution in [0, 0.1) is 0 Å². The minimum absolute atomic E-state index is 0.265. The van der Waals surface area contributed by atoms with Crippen LogP contribution in [-0.2, 0) is 20.5 Å². The first-order valence-corrected chi connectivity index (χ1v) is 7.98. The van der Waals surface area contributed by atoms with E-state index in [1.807, 2.05) is 0 Å². The summed E-state index contributed by atoms with van der Waals surface area (Å²) < 4.78 is 47.4. The molecule has 1 aromatic heterocycles. The summed E-state index contributed by atoms with van der Waals surface area (Å²) >= 11 is 11.5. The van der Waals surface area contributed by atoms with Crippen molar-refractivity contribution in [1.29, 1.82) is 0 Å². The zero-order valence-electron chi connectivity index (χ0n) is 13.3. The minimum atomic E-state index is -4.61. The molecule has 144 valence electrons. The van der Waals surface area contributed by atoms with E-state index >= 15 is 0 Å². The summed E-state index contributed by atoms with van der Waals surface area (Å²) in [5, 5.41) is 2.03. The second kappa shape index (κ2) is 8.92. The van der Waals surface area contributed by atoms with Gasteiger partial charge in [-0.25, -0.2) is 9.78 Å². The number of para-hydroxylation sites is 1. The van der Waals surface area contributed by atoms with E-state index in [1.54, 1.807) is 24.3 Å². The van der Waals surface area contributed by atoms with E-state index < -0.39 is 41.9 Å². The van der Waals surface area contributed by atoms with E-state index in [2.05, 4.69) is 15.0 Å². The average molecular weight is 423 g/mol. The highest BCUT2D eigenvalue weighted by molar-refractivity contribution is 6.33. The summed E-state index contributed by atoms with van der Waals surface area (Å²) in [5.41, 5.74) is -1.06. The van der Waals surface area contributed by atoms with E-state index in [4.69, 9.17) is 27.9 Å². The monoisotopic (exact) mass is 422 g/mol. The molecular formula is C16H11Cl2F3N2O4. The Morgan fingerprint density at radius 2 is 1.81 bits per heavy atom. The topological polar surface area (TPSA) is 77.5 Å². The number of anilines is 1. The van der Waals surface area contributed by atoms with Gasteiger partial charge in [0.2, 0.25) is 0 Å². The number of hydrogen-bond donors (Lipinski definition) is 1. The number of rotatable bonds is 6. The van der Waals surface area contributed by atoms with Crippen LogP contribution >= 0.6 is 23.2 Å². The molecule has 2 aromatic rings. The molecule has 1 amide bonds. The van der Waals surface area contributed by atoms with Crippen molar-refractivity contribution in [3.05, 3.63) is 52.1 Å². The average Bonchev–Trinajstić information content (AvgIpc) is 2.60. The number of esters is 1. The van der Waals surface area contributed by atoms with E-state index in [1.165, 1.54) is 0 Å². The number of ether oxygens (including phenoxy) is 2. The summed E-state index contributed by atoms with van der Waals surface area (Å²) in [7, 11) is 0. The molecule has 2 rings (SSSR count). The lowest BCUT2D eigenvalue weighted by Crippen LogP contribution is -2.24. The third kappa shape index (κ3) is 6.30. The first-order valence-electron chi connectivity index (χ1n) is 7.22. The molecule has 0 atom stereocenters. The van der Waals surface area contributed by atoms with Crippen molar-refractivity contribution >= 4 is 40.9 Å². The Morgan fingerprint density at radius 3 is 2.44 bits per heavy atom. The van der Waals surface area contributed by atoms with Crippen LogP contribution in [-0.4, -0.2) is 30.1 Å². The number of hydrogen-bond acceptors (Lipinski definition) is 5. The second-order valence-electron chi connectivity index (χ2n) is 4.98. The molecular weight excluding hydrogens is 412 g/mol. The van der Waals surface area contributed by atoms with Crippen LogP contribution in [0.5, 0.6) is 5.75 Å². The molecule has 1 N–H and O–H groups in total. The number of benzene rings is 1. The Balaban J connectivity index is 1.82. The summed E-state index contributed by atoms with van der Waals surface area (Å²) in [6.07, 6.45) is -4.10. The number of pyridine rings is 1. The molecule has 27 heavy (non-hydrogen) atoms. The lowest BCUT2D eigenvalue weighted by atomic mass is 10.3. The molecule has 1 heterocycles. The smallest absolute Gasteiger partial charge is 0.417 e. The Bertz CT molecular complexity index is 847. The van der Waals surface area contributed by atoms with Gasteiger partial charge in [0.25, 0.3) is 5.91 Å².